The largest absolute Gasteiger partial charge is 0.279 e. The number of hydrogen-bond acceptors (Lipinski definition) is 3. The van der Waals surface area contributed by atoms with Gasteiger partial charge >= 0.3 is 0 Å². The summed E-state index contributed by atoms with van der Waals surface area (Å²) in [6, 6.07) is 13.4. The van der Waals surface area contributed by atoms with E-state index in [2.05, 4.69) is 43.5 Å². The number of hydrogen-bond donors (Lipinski definition) is 0. The maximum absolute atomic E-state index is 12.2. The molecule has 0 saturated heterocycles. The molecular formula is C16H8BrClINOS. The van der Waals surface area contributed by atoms with Crippen LogP contribution in [-0.2, 0) is 4.79 Å². The quantitative estimate of drug-likeness (QED) is 0.384. The predicted octanol–water partition coefficient (Wildman–Crippen LogP) is 5.77. The fourth-order valence-corrected chi connectivity index (χ4v) is 3.89. The molecular weight excluding hydrogens is 497 g/mol. The summed E-state index contributed by atoms with van der Waals surface area (Å²) >= 11 is 13.0. The van der Waals surface area contributed by atoms with Crippen molar-refractivity contribution in [2.24, 2.45) is 4.99 Å². The average molecular weight is 505 g/mol. The number of carbonyl (C=O) groups is 1. The van der Waals surface area contributed by atoms with Gasteiger partial charge in [0.2, 0.25) is 5.12 Å². The lowest BCUT2D eigenvalue weighted by Crippen LogP contribution is -1.95. The average Bonchev–Trinajstić information content (AvgIpc) is 2.85. The minimum absolute atomic E-state index is 0.0688. The van der Waals surface area contributed by atoms with Gasteiger partial charge in [0.15, 0.2) is 0 Å². The van der Waals surface area contributed by atoms with Gasteiger partial charge in [-0.2, -0.15) is 0 Å². The van der Waals surface area contributed by atoms with Gasteiger partial charge < -0.3 is 0 Å². The predicted molar refractivity (Wildman–Crippen MR) is 105 cm³/mol. The summed E-state index contributed by atoms with van der Waals surface area (Å²) < 4.78 is 1.98. The third kappa shape index (κ3) is 3.48. The van der Waals surface area contributed by atoms with Crippen molar-refractivity contribution < 1.29 is 4.79 Å². The molecule has 3 rings (SSSR count). The summed E-state index contributed by atoms with van der Waals surface area (Å²) in [5, 5.41) is 1.18. The first kappa shape index (κ1) is 16.2. The second kappa shape index (κ2) is 6.86. The van der Waals surface area contributed by atoms with E-state index in [-0.39, 0.29) is 5.12 Å². The molecule has 0 spiro atoms. The summed E-state index contributed by atoms with van der Waals surface area (Å²) in [7, 11) is 0. The van der Waals surface area contributed by atoms with Crippen molar-refractivity contribution in [3.05, 3.63) is 72.4 Å². The van der Waals surface area contributed by atoms with Crippen molar-refractivity contribution in [3.63, 3.8) is 0 Å². The Morgan fingerprint density at radius 3 is 2.77 bits per heavy atom. The van der Waals surface area contributed by atoms with Gasteiger partial charge in [-0.1, -0.05) is 45.7 Å². The van der Waals surface area contributed by atoms with Gasteiger partial charge in [-0.25, -0.2) is 4.99 Å². The zero-order chi connectivity index (χ0) is 15.7. The third-order valence-corrected chi connectivity index (χ3v) is 5.60. The minimum atomic E-state index is -0.0688. The summed E-state index contributed by atoms with van der Waals surface area (Å²) in [5.74, 6) is 0. The number of benzene rings is 2. The number of halogens is 3. The summed E-state index contributed by atoms with van der Waals surface area (Å²) in [5.41, 5.74) is 2.15. The van der Waals surface area contributed by atoms with E-state index in [0.29, 0.717) is 15.8 Å². The molecule has 0 aliphatic carbocycles. The van der Waals surface area contributed by atoms with Gasteiger partial charge in [0.25, 0.3) is 0 Å². The highest BCUT2D eigenvalue weighted by Gasteiger charge is 2.25. The first-order valence-corrected chi connectivity index (χ1v) is 9.34. The Bertz CT molecular complexity index is 835. The van der Waals surface area contributed by atoms with Crippen LogP contribution < -0.4 is 0 Å². The van der Waals surface area contributed by atoms with Gasteiger partial charge in [0, 0.05) is 13.6 Å². The number of carbonyl (C=O) groups excluding carboxylic acids is 1. The molecule has 0 fully saturated rings. The van der Waals surface area contributed by atoms with Crippen LogP contribution in [0.5, 0.6) is 0 Å². The van der Waals surface area contributed by atoms with E-state index in [9.17, 15) is 4.79 Å². The molecule has 110 valence electrons. The molecule has 0 bridgehead atoms. The van der Waals surface area contributed by atoms with E-state index in [1.54, 1.807) is 6.08 Å². The van der Waals surface area contributed by atoms with Crippen LogP contribution in [0.25, 0.3) is 6.08 Å². The first-order valence-electron chi connectivity index (χ1n) is 6.27. The lowest BCUT2D eigenvalue weighted by Gasteiger charge is -2.02. The fourth-order valence-electron chi connectivity index (χ4n) is 1.93. The summed E-state index contributed by atoms with van der Waals surface area (Å²) in [6.45, 7) is 0. The standard InChI is InChI=1S/C16H8BrClINOS/c17-12-4-2-1-3-9(12)7-14-16(21)22-15(20-14)11-8-10(19)5-6-13(11)18/h1-8H. The highest BCUT2D eigenvalue weighted by Crippen LogP contribution is 2.33. The van der Waals surface area contributed by atoms with Crippen molar-refractivity contribution in [2.75, 3.05) is 0 Å². The van der Waals surface area contributed by atoms with Crippen LogP contribution in [-0.4, -0.2) is 10.2 Å². The van der Waals surface area contributed by atoms with E-state index in [1.165, 1.54) is 0 Å². The Balaban J connectivity index is 2.02. The van der Waals surface area contributed by atoms with Crippen LogP contribution in [0.3, 0.4) is 0 Å². The highest BCUT2D eigenvalue weighted by atomic mass is 127. The van der Waals surface area contributed by atoms with E-state index >= 15 is 0 Å². The second-order valence-electron chi connectivity index (χ2n) is 4.48. The zero-order valence-corrected chi connectivity index (χ0v) is 16.3. The Morgan fingerprint density at radius 2 is 2.00 bits per heavy atom. The Labute approximate surface area is 159 Å². The van der Waals surface area contributed by atoms with Crippen molar-refractivity contribution >= 4 is 78.1 Å². The normalized spacial score (nSPS) is 16.2. The van der Waals surface area contributed by atoms with Crippen molar-refractivity contribution in [2.45, 2.75) is 0 Å². The lowest BCUT2D eigenvalue weighted by atomic mass is 10.2. The van der Waals surface area contributed by atoms with Crippen LogP contribution in [0, 0.1) is 3.57 Å². The lowest BCUT2D eigenvalue weighted by molar-refractivity contribution is -0.107. The number of thioether (sulfide) groups is 1. The molecule has 1 aliphatic rings. The van der Waals surface area contributed by atoms with Crippen LogP contribution in [0.1, 0.15) is 11.1 Å². The summed E-state index contributed by atoms with van der Waals surface area (Å²) in [4.78, 5) is 16.6. The SMILES string of the molecule is O=C1SC(c2cc(I)ccc2Cl)=NC1=Cc1ccccc1Br. The molecule has 6 heteroatoms. The van der Waals surface area contributed by atoms with E-state index in [4.69, 9.17) is 11.6 Å². The smallest absolute Gasteiger partial charge is 0.244 e. The molecule has 2 aromatic carbocycles. The zero-order valence-electron chi connectivity index (χ0n) is 11.0. The van der Waals surface area contributed by atoms with E-state index < -0.39 is 0 Å². The number of nitrogens with zero attached hydrogens (tertiary/aromatic N) is 1. The minimum Gasteiger partial charge on any atom is -0.279 e. The van der Waals surface area contributed by atoms with E-state index in [1.807, 2.05) is 42.5 Å². The first-order chi connectivity index (χ1) is 10.5. The molecule has 0 N–H and O–H groups in total. The third-order valence-electron chi connectivity index (χ3n) is 2.98. The molecule has 0 atom stereocenters. The van der Waals surface area contributed by atoms with Gasteiger partial charge in [-0.3, -0.25) is 4.79 Å². The van der Waals surface area contributed by atoms with Gasteiger partial charge in [-0.15, -0.1) is 0 Å². The molecule has 0 saturated carbocycles. The van der Waals surface area contributed by atoms with Crippen molar-refractivity contribution in [1.29, 1.82) is 0 Å². The van der Waals surface area contributed by atoms with E-state index in [0.717, 1.165) is 30.9 Å². The molecule has 0 amide bonds. The molecule has 2 nitrogen and oxygen atoms in total. The van der Waals surface area contributed by atoms with Crippen molar-refractivity contribution in [1.82, 2.24) is 0 Å². The topological polar surface area (TPSA) is 29.4 Å². The molecule has 2 aromatic rings. The van der Waals surface area contributed by atoms with Gasteiger partial charge in [-0.05, 0) is 70.3 Å². The maximum Gasteiger partial charge on any atom is 0.244 e. The molecule has 0 aromatic heterocycles. The molecule has 22 heavy (non-hydrogen) atoms. The van der Waals surface area contributed by atoms with Crippen LogP contribution in [0.4, 0.5) is 0 Å². The highest BCUT2D eigenvalue weighted by molar-refractivity contribution is 14.1. The van der Waals surface area contributed by atoms with Gasteiger partial charge in [0.05, 0.1) is 5.02 Å². The Morgan fingerprint density at radius 1 is 1.23 bits per heavy atom. The van der Waals surface area contributed by atoms with Crippen LogP contribution in [0.15, 0.2) is 57.6 Å². The number of aliphatic imine (C=N–C) groups is 1. The fraction of sp³-hybridized carbons (Fsp3) is 0. The Kier molecular flexibility index (Phi) is 5.07. The number of rotatable bonds is 2. The second-order valence-corrected chi connectivity index (χ2v) is 7.95. The monoisotopic (exact) mass is 503 g/mol. The summed E-state index contributed by atoms with van der Waals surface area (Å²) in [6.07, 6.45) is 1.79. The van der Waals surface area contributed by atoms with Crippen LogP contribution >= 0.6 is 61.9 Å². The molecule has 1 aliphatic heterocycles. The van der Waals surface area contributed by atoms with Crippen molar-refractivity contribution in [3.8, 4) is 0 Å². The molecule has 1 heterocycles. The maximum atomic E-state index is 12.2. The Hall–Kier alpha value is -0.630. The van der Waals surface area contributed by atoms with Crippen LogP contribution in [0.2, 0.25) is 5.02 Å². The molecule has 0 radical (unpaired) electrons. The van der Waals surface area contributed by atoms with Gasteiger partial charge in [0.1, 0.15) is 10.7 Å². The molecule has 0 unspecified atom stereocenters.